The number of aliphatic hydroxyl groups is 1. The van der Waals surface area contributed by atoms with Gasteiger partial charge in [-0.3, -0.25) is 4.90 Å². The summed E-state index contributed by atoms with van der Waals surface area (Å²) < 4.78 is 0. The molecule has 0 radical (unpaired) electrons. The predicted molar refractivity (Wildman–Crippen MR) is 59.3 cm³/mol. The summed E-state index contributed by atoms with van der Waals surface area (Å²) in [5.41, 5.74) is 3.96. The zero-order chi connectivity index (χ0) is 10.6. The van der Waals surface area contributed by atoms with Gasteiger partial charge < -0.3 is 5.11 Å². The Morgan fingerprint density at radius 1 is 1.29 bits per heavy atom. The highest BCUT2D eigenvalue weighted by Crippen LogP contribution is 2.12. The zero-order valence-electron chi connectivity index (χ0n) is 9.25. The van der Waals surface area contributed by atoms with Crippen LogP contribution in [-0.2, 0) is 6.54 Å². The second-order valence-electron chi connectivity index (χ2n) is 3.89. The molecule has 2 nitrogen and oxygen atoms in total. The minimum atomic E-state index is 0.224. The molecule has 0 saturated heterocycles. The molecule has 2 heteroatoms. The van der Waals surface area contributed by atoms with E-state index in [-0.39, 0.29) is 6.61 Å². The Kier molecular flexibility index (Phi) is 4.11. The van der Waals surface area contributed by atoms with Gasteiger partial charge in [-0.15, -0.1) is 0 Å². The Bertz CT molecular complexity index is 296. The summed E-state index contributed by atoms with van der Waals surface area (Å²) in [6.45, 7) is 6.10. The van der Waals surface area contributed by atoms with Crippen LogP contribution in [0, 0.1) is 13.8 Å². The molecule has 0 fully saturated rings. The third-order valence-corrected chi connectivity index (χ3v) is 2.43. The van der Waals surface area contributed by atoms with Crippen LogP contribution < -0.4 is 0 Å². The van der Waals surface area contributed by atoms with Crippen molar-refractivity contribution in [3.8, 4) is 0 Å². The molecule has 1 aromatic carbocycles. The number of hydrogen-bond acceptors (Lipinski definition) is 2. The molecule has 0 bridgehead atoms. The average molecular weight is 193 g/mol. The number of benzene rings is 1. The van der Waals surface area contributed by atoms with E-state index in [1.165, 1.54) is 16.7 Å². The van der Waals surface area contributed by atoms with E-state index >= 15 is 0 Å². The van der Waals surface area contributed by atoms with Crippen molar-refractivity contribution in [2.75, 3.05) is 20.2 Å². The van der Waals surface area contributed by atoms with E-state index in [1.807, 2.05) is 7.05 Å². The summed E-state index contributed by atoms with van der Waals surface area (Å²) in [6, 6.07) is 6.49. The SMILES string of the molecule is Cc1ccc(C)c(CN(C)CCO)c1. The van der Waals surface area contributed by atoms with Crippen LogP contribution in [-0.4, -0.2) is 30.2 Å². The van der Waals surface area contributed by atoms with Crippen molar-refractivity contribution in [3.63, 3.8) is 0 Å². The first-order valence-electron chi connectivity index (χ1n) is 4.99. The first-order chi connectivity index (χ1) is 6.63. The van der Waals surface area contributed by atoms with Gasteiger partial charge in [-0.25, -0.2) is 0 Å². The number of aryl methyl sites for hydroxylation is 2. The van der Waals surface area contributed by atoms with Crippen LogP contribution in [0.4, 0.5) is 0 Å². The van der Waals surface area contributed by atoms with Gasteiger partial charge in [0.2, 0.25) is 0 Å². The number of nitrogens with zero attached hydrogens (tertiary/aromatic N) is 1. The second-order valence-corrected chi connectivity index (χ2v) is 3.89. The van der Waals surface area contributed by atoms with Crippen LogP contribution >= 0.6 is 0 Å². The standard InChI is InChI=1S/C12H19NO/c1-10-4-5-11(2)12(8-10)9-13(3)6-7-14/h4-5,8,14H,6-7,9H2,1-3H3. The van der Waals surface area contributed by atoms with Crippen LogP contribution in [0.2, 0.25) is 0 Å². The van der Waals surface area contributed by atoms with E-state index < -0.39 is 0 Å². The minimum Gasteiger partial charge on any atom is -0.395 e. The molecule has 0 heterocycles. The number of aliphatic hydroxyl groups excluding tert-OH is 1. The van der Waals surface area contributed by atoms with Gasteiger partial charge in [0.15, 0.2) is 0 Å². The second kappa shape index (κ2) is 5.13. The fourth-order valence-electron chi connectivity index (χ4n) is 1.51. The molecule has 0 atom stereocenters. The number of likely N-dealkylation sites (N-methyl/N-ethyl adjacent to an activating group) is 1. The van der Waals surface area contributed by atoms with E-state index in [0.29, 0.717) is 0 Å². The monoisotopic (exact) mass is 193 g/mol. The van der Waals surface area contributed by atoms with Crippen molar-refractivity contribution in [1.29, 1.82) is 0 Å². The lowest BCUT2D eigenvalue weighted by Crippen LogP contribution is -2.21. The normalized spacial score (nSPS) is 10.9. The largest absolute Gasteiger partial charge is 0.395 e. The van der Waals surface area contributed by atoms with Crippen molar-refractivity contribution < 1.29 is 5.11 Å². The van der Waals surface area contributed by atoms with Crippen molar-refractivity contribution in [3.05, 3.63) is 34.9 Å². The third-order valence-electron chi connectivity index (χ3n) is 2.43. The Labute approximate surface area is 86.2 Å². The summed E-state index contributed by atoms with van der Waals surface area (Å²) in [6.07, 6.45) is 0. The Morgan fingerprint density at radius 2 is 2.00 bits per heavy atom. The maximum absolute atomic E-state index is 8.80. The van der Waals surface area contributed by atoms with Crippen molar-refractivity contribution in [2.24, 2.45) is 0 Å². The molecule has 1 N–H and O–H groups in total. The van der Waals surface area contributed by atoms with E-state index in [0.717, 1.165) is 13.1 Å². The van der Waals surface area contributed by atoms with Gasteiger partial charge in [-0.2, -0.15) is 0 Å². The predicted octanol–water partition coefficient (Wildman–Crippen LogP) is 1.73. The van der Waals surface area contributed by atoms with Crippen LogP contribution in [0.25, 0.3) is 0 Å². The molecule has 0 saturated carbocycles. The van der Waals surface area contributed by atoms with E-state index in [9.17, 15) is 0 Å². The summed E-state index contributed by atoms with van der Waals surface area (Å²) in [5.74, 6) is 0. The fourth-order valence-corrected chi connectivity index (χ4v) is 1.51. The lowest BCUT2D eigenvalue weighted by Gasteiger charge is -2.16. The lowest BCUT2D eigenvalue weighted by atomic mass is 10.1. The molecule has 14 heavy (non-hydrogen) atoms. The van der Waals surface area contributed by atoms with Gasteiger partial charge in [0.25, 0.3) is 0 Å². The average Bonchev–Trinajstić information content (AvgIpc) is 2.12. The summed E-state index contributed by atoms with van der Waals surface area (Å²) >= 11 is 0. The van der Waals surface area contributed by atoms with E-state index in [1.54, 1.807) is 0 Å². The first-order valence-corrected chi connectivity index (χ1v) is 4.99. The van der Waals surface area contributed by atoms with Crippen molar-refractivity contribution in [1.82, 2.24) is 4.90 Å². The Morgan fingerprint density at radius 3 is 2.64 bits per heavy atom. The van der Waals surface area contributed by atoms with E-state index in [4.69, 9.17) is 5.11 Å². The van der Waals surface area contributed by atoms with Crippen molar-refractivity contribution in [2.45, 2.75) is 20.4 Å². The highest BCUT2D eigenvalue weighted by molar-refractivity contribution is 5.30. The molecular formula is C12H19NO. The van der Waals surface area contributed by atoms with Crippen molar-refractivity contribution >= 4 is 0 Å². The van der Waals surface area contributed by atoms with Crippen LogP contribution in [0.15, 0.2) is 18.2 Å². The molecule has 0 unspecified atom stereocenters. The lowest BCUT2D eigenvalue weighted by molar-refractivity contribution is 0.217. The molecule has 0 aliphatic rings. The van der Waals surface area contributed by atoms with Gasteiger partial charge in [-0.1, -0.05) is 23.8 Å². The van der Waals surface area contributed by atoms with Crippen LogP contribution in [0.3, 0.4) is 0 Å². The quantitative estimate of drug-likeness (QED) is 0.787. The highest BCUT2D eigenvalue weighted by Gasteiger charge is 2.02. The highest BCUT2D eigenvalue weighted by atomic mass is 16.3. The summed E-state index contributed by atoms with van der Waals surface area (Å²) in [5, 5.41) is 8.80. The Hall–Kier alpha value is -0.860. The van der Waals surface area contributed by atoms with Crippen LogP contribution in [0.5, 0.6) is 0 Å². The van der Waals surface area contributed by atoms with E-state index in [2.05, 4.69) is 36.9 Å². The van der Waals surface area contributed by atoms with Gasteiger partial charge >= 0.3 is 0 Å². The molecule has 0 spiro atoms. The first kappa shape index (κ1) is 11.2. The summed E-state index contributed by atoms with van der Waals surface area (Å²) in [4.78, 5) is 2.13. The molecular weight excluding hydrogens is 174 g/mol. The molecule has 0 aromatic heterocycles. The molecule has 0 aliphatic carbocycles. The Balaban J connectivity index is 2.70. The maximum atomic E-state index is 8.80. The number of rotatable bonds is 4. The van der Waals surface area contributed by atoms with Gasteiger partial charge in [-0.05, 0) is 32.0 Å². The molecule has 0 amide bonds. The molecule has 78 valence electrons. The smallest absolute Gasteiger partial charge is 0.0558 e. The third kappa shape index (κ3) is 3.13. The molecule has 1 aromatic rings. The molecule has 0 aliphatic heterocycles. The summed E-state index contributed by atoms with van der Waals surface area (Å²) in [7, 11) is 2.03. The number of hydrogen-bond donors (Lipinski definition) is 1. The van der Waals surface area contributed by atoms with Gasteiger partial charge in [0.05, 0.1) is 6.61 Å². The van der Waals surface area contributed by atoms with Gasteiger partial charge in [0, 0.05) is 13.1 Å². The maximum Gasteiger partial charge on any atom is 0.0558 e. The topological polar surface area (TPSA) is 23.5 Å². The fraction of sp³-hybridized carbons (Fsp3) is 0.500. The zero-order valence-corrected chi connectivity index (χ0v) is 9.25. The molecule has 1 rings (SSSR count). The van der Waals surface area contributed by atoms with Gasteiger partial charge in [0.1, 0.15) is 0 Å². The minimum absolute atomic E-state index is 0.224. The van der Waals surface area contributed by atoms with Crippen LogP contribution in [0.1, 0.15) is 16.7 Å².